The number of hydrogen-bond acceptors (Lipinski definition) is 1. The molecule has 1 N–H and O–H groups in total. The molecule has 0 unspecified atom stereocenters. The zero-order valence-electron chi connectivity index (χ0n) is 10.5. The average molecular weight is 203 g/mol. The second-order valence-corrected chi connectivity index (χ2v) is 4.39. The van der Waals surface area contributed by atoms with Gasteiger partial charge in [0.2, 0.25) is 0 Å². The van der Waals surface area contributed by atoms with Crippen molar-refractivity contribution in [1.82, 2.24) is 5.32 Å². The highest BCUT2D eigenvalue weighted by molar-refractivity contribution is 6.32. The quantitative estimate of drug-likeness (QED) is 0.726. The number of hydrogen-bond donors (Lipinski definition) is 1. The molecule has 1 rings (SSSR count). The Bertz CT molecular complexity index is 246. The molecule has 0 heterocycles. The standard InChI is InChI=1S/C7H7B.C6H15N/c1-6-3-2-4-7(8)5-6;1-5(2)7-6(3)4/h2-5H,1H3;5-7H,1-4H3. The molecule has 0 aromatic heterocycles. The fraction of sp³-hybridized carbons (Fsp3) is 0.538. The van der Waals surface area contributed by atoms with Gasteiger partial charge in [-0.15, -0.1) is 0 Å². The lowest BCUT2D eigenvalue weighted by molar-refractivity contribution is 0.518. The molecule has 0 spiro atoms. The van der Waals surface area contributed by atoms with Crippen molar-refractivity contribution in [1.29, 1.82) is 0 Å². The first-order chi connectivity index (χ1) is 6.91. The summed E-state index contributed by atoms with van der Waals surface area (Å²) in [5, 5.41) is 3.31. The van der Waals surface area contributed by atoms with Gasteiger partial charge in [-0.05, 0) is 6.92 Å². The molecule has 0 amide bonds. The Labute approximate surface area is 95.7 Å². The third kappa shape index (κ3) is 9.55. The van der Waals surface area contributed by atoms with Crippen molar-refractivity contribution in [3.63, 3.8) is 0 Å². The van der Waals surface area contributed by atoms with E-state index in [1.165, 1.54) is 5.56 Å². The van der Waals surface area contributed by atoms with Gasteiger partial charge in [0.05, 0.1) is 0 Å². The monoisotopic (exact) mass is 203 g/mol. The highest BCUT2D eigenvalue weighted by Gasteiger charge is 1.92. The van der Waals surface area contributed by atoms with E-state index in [-0.39, 0.29) is 0 Å². The molecule has 0 bridgehead atoms. The molecule has 0 saturated carbocycles. The SMILES string of the molecule is CC(C)NC(C)C.[B]c1cccc(C)c1. The maximum Gasteiger partial charge on any atom is 0.113 e. The van der Waals surface area contributed by atoms with Gasteiger partial charge in [0.15, 0.2) is 0 Å². The van der Waals surface area contributed by atoms with Crippen molar-refractivity contribution in [2.24, 2.45) is 0 Å². The van der Waals surface area contributed by atoms with Crippen LogP contribution in [0.5, 0.6) is 0 Å². The Morgan fingerprint density at radius 2 is 1.60 bits per heavy atom. The molecule has 1 aromatic carbocycles. The fourth-order valence-electron chi connectivity index (χ4n) is 1.34. The largest absolute Gasteiger partial charge is 0.312 e. The predicted octanol–water partition coefficient (Wildman–Crippen LogP) is 2.18. The van der Waals surface area contributed by atoms with Crippen LogP contribution in [0.3, 0.4) is 0 Å². The highest BCUT2D eigenvalue weighted by Crippen LogP contribution is 1.89. The minimum absolute atomic E-state index is 0.625. The zero-order valence-corrected chi connectivity index (χ0v) is 10.5. The summed E-state index contributed by atoms with van der Waals surface area (Å²) >= 11 is 0. The molecule has 0 aliphatic heterocycles. The number of nitrogens with one attached hydrogen (secondary N) is 1. The van der Waals surface area contributed by atoms with Gasteiger partial charge in [-0.2, -0.15) is 0 Å². The van der Waals surface area contributed by atoms with E-state index in [1.807, 2.05) is 31.2 Å². The summed E-state index contributed by atoms with van der Waals surface area (Å²) < 4.78 is 0. The van der Waals surface area contributed by atoms with E-state index in [4.69, 9.17) is 7.85 Å². The van der Waals surface area contributed by atoms with Gasteiger partial charge in [-0.3, -0.25) is 0 Å². The smallest absolute Gasteiger partial charge is 0.113 e. The first-order valence-corrected chi connectivity index (χ1v) is 5.50. The maximum atomic E-state index is 5.46. The second-order valence-electron chi connectivity index (χ2n) is 4.39. The van der Waals surface area contributed by atoms with Crippen molar-refractivity contribution >= 4 is 13.3 Å². The van der Waals surface area contributed by atoms with Gasteiger partial charge < -0.3 is 5.32 Å². The number of rotatable bonds is 2. The molecule has 82 valence electrons. The zero-order chi connectivity index (χ0) is 11.8. The number of benzene rings is 1. The van der Waals surface area contributed by atoms with Crippen molar-refractivity contribution in [2.75, 3.05) is 0 Å². The minimum Gasteiger partial charge on any atom is -0.312 e. The Morgan fingerprint density at radius 1 is 1.07 bits per heavy atom. The van der Waals surface area contributed by atoms with Crippen LogP contribution in [0.1, 0.15) is 33.3 Å². The molecule has 0 aliphatic rings. The lowest BCUT2D eigenvalue weighted by atomic mass is 9.95. The highest BCUT2D eigenvalue weighted by atomic mass is 14.9. The summed E-state index contributed by atoms with van der Waals surface area (Å²) in [7, 11) is 5.46. The summed E-state index contributed by atoms with van der Waals surface area (Å²) in [5.74, 6) is 0. The molecule has 15 heavy (non-hydrogen) atoms. The van der Waals surface area contributed by atoms with Crippen LogP contribution in [0.2, 0.25) is 0 Å². The Hall–Kier alpha value is -0.755. The van der Waals surface area contributed by atoms with E-state index in [1.54, 1.807) is 0 Å². The third-order valence-corrected chi connectivity index (χ3v) is 1.71. The molecular weight excluding hydrogens is 181 g/mol. The first kappa shape index (κ1) is 14.2. The van der Waals surface area contributed by atoms with Crippen molar-refractivity contribution in [2.45, 2.75) is 46.7 Å². The van der Waals surface area contributed by atoms with Crippen LogP contribution in [-0.2, 0) is 0 Å². The predicted molar refractivity (Wildman–Crippen MR) is 70.0 cm³/mol. The van der Waals surface area contributed by atoms with Gasteiger partial charge in [0, 0.05) is 12.1 Å². The van der Waals surface area contributed by atoms with Gasteiger partial charge in [0.25, 0.3) is 0 Å². The van der Waals surface area contributed by atoms with Gasteiger partial charge in [-0.1, -0.05) is 63.0 Å². The van der Waals surface area contributed by atoms with Crippen LogP contribution in [0.15, 0.2) is 24.3 Å². The topological polar surface area (TPSA) is 12.0 Å². The Morgan fingerprint density at radius 3 is 1.80 bits per heavy atom. The van der Waals surface area contributed by atoms with E-state index in [0.717, 1.165) is 5.46 Å². The van der Waals surface area contributed by atoms with Crippen LogP contribution in [0, 0.1) is 6.92 Å². The average Bonchev–Trinajstić information content (AvgIpc) is 2.01. The van der Waals surface area contributed by atoms with Crippen molar-refractivity contribution in [3.05, 3.63) is 29.8 Å². The normalized spacial score (nSPS) is 10.1. The first-order valence-electron chi connectivity index (χ1n) is 5.50. The Kier molecular flexibility index (Phi) is 7.15. The van der Waals surface area contributed by atoms with Crippen LogP contribution >= 0.6 is 0 Å². The molecule has 0 saturated heterocycles. The van der Waals surface area contributed by atoms with Crippen LogP contribution in [0.25, 0.3) is 0 Å². The van der Waals surface area contributed by atoms with E-state index >= 15 is 0 Å². The second kappa shape index (κ2) is 7.53. The third-order valence-electron chi connectivity index (χ3n) is 1.71. The van der Waals surface area contributed by atoms with E-state index in [2.05, 4.69) is 33.0 Å². The molecule has 0 fully saturated rings. The summed E-state index contributed by atoms with van der Waals surface area (Å²) in [6.07, 6.45) is 0. The Balaban J connectivity index is 0.000000265. The van der Waals surface area contributed by atoms with E-state index in [9.17, 15) is 0 Å². The van der Waals surface area contributed by atoms with E-state index in [0.29, 0.717) is 12.1 Å². The maximum absolute atomic E-state index is 5.46. The molecule has 1 nitrogen and oxygen atoms in total. The minimum atomic E-state index is 0.625. The summed E-state index contributed by atoms with van der Waals surface area (Å²) in [5.41, 5.74) is 2.05. The summed E-state index contributed by atoms with van der Waals surface area (Å²) in [6, 6.07) is 9.05. The molecule has 2 heteroatoms. The molecular formula is C13H22BN. The van der Waals surface area contributed by atoms with Crippen molar-refractivity contribution in [3.8, 4) is 0 Å². The summed E-state index contributed by atoms with van der Waals surface area (Å²) in [4.78, 5) is 0. The van der Waals surface area contributed by atoms with Gasteiger partial charge in [0.1, 0.15) is 7.85 Å². The molecule has 1 aromatic rings. The van der Waals surface area contributed by atoms with Gasteiger partial charge >= 0.3 is 0 Å². The van der Waals surface area contributed by atoms with Crippen molar-refractivity contribution < 1.29 is 0 Å². The van der Waals surface area contributed by atoms with Crippen LogP contribution in [0.4, 0.5) is 0 Å². The fourth-order valence-corrected chi connectivity index (χ4v) is 1.34. The molecule has 0 aliphatic carbocycles. The lowest BCUT2D eigenvalue weighted by Gasteiger charge is -2.10. The van der Waals surface area contributed by atoms with Gasteiger partial charge in [-0.25, -0.2) is 0 Å². The van der Waals surface area contributed by atoms with Crippen LogP contribution in [-0.4, -0.2) is 19.9 Å². The molecule has 0 atom stereocenters. The lowest BCUT2D eigenvalue weighted by Crippen LogP contribution is -2.29. The summed E-state index contributed by atoms with van der Waals surface area (Å²) in [6.45, 7) is 10.6. The van der Waals surface area contributed by atoms with E-state index < -0.39 is 0 Å². The molecule has 2 radical (unpaired) electrons. The number of aryl methyl sites for hydroxylation is 1. The van der Waals surface area contributed by atoms with Crippen LogP contribution < -0.4 is 10.8 Å².